The molecule has 0 saturated carbocycles. The molecule has 0 aliphatic carbocycles. The van der Waals surface area contributed by atoms with Gasteiger partial charge in [0.25, 0.3) is 0 Å². The molecule has 1 aromatic rings. The highest BCUT2D eigenvalue weighted by Crippen LogP contribution is 2.08. The van der Waals surface area contributed by atoms with E-state index in [9.17, 15) is 0 Å². The lowest BCUT2D eigenvalue weighted by atomic mass is 10.2. The van der Waals surface area contributed by atoms with Crippen molar-refractivity contribution in [2.45, 2.75) is 12.2 Å². The molecule has 2 heteroatoms. The molecule has 0 radical (unpaired) electrons. The number of halogens is 1. The van der Waals surface area contributed by atoms with Gasteiger partial charge in [-0.1, -0.05) is 23.4 Å². The van der Waals surface area contributed by atoms with Crippen LogP contribution in [0.25, 0.3) is 0 Å². The Morgan fingerprint density at radius 2 is 1.92 bits per heavy atom. The van der Waals surface area contributed by atoms with E-state index in [4.69, 9.17) is 11.6 Å². The molecular weight excluding hydrogens is 188 g/mol. The molecule has 0 nitrogen and oxygen atoms in total. The Kier molecular flexibility index (Phi) is 3.52. The topological polar surface area (TPSA) is 0 Å². The standard InChI is InChI=1S/C10H9ClS/c1-8(12)2-3-9-4-6-10(11)7-5-9/h4-8,12H,1H3. The van der Waals surface area contributed by atoms with Gasteiger partial charge in [-0.05, 0) is 31.2 Å². The van der Waals surface area contributed by atoms with Gasteiger partial charge >= 0.3 is 0 Å². The quantitative estimate of drug-likeness (QED) is 0.479. The maximum absolute atomic E-state index is 5.71. The maximum Gasteiger partial charge on any atom is 0.0602 e. The van der Waals surface area contributed by atoms with Crippen LogP contribution in [0.2, 0.25) is 5.02 Å². The Labute approximate surface area is 83.3 Å². The minimum atomic E-state index is 0.112. The highest BCUT2D eigenvalue weighted by atomic mass is 35.5. The fraction of sp³-hybridized carbons (Fsp3) is 0.200. The number of hydrogen-bond acceptors (Lipinski definition) is 1. The Balaban J connectivity index is 2.79. The maximum atomic E-state index is 5.71. The lowest BCUT2D eigenvalue weighted by molar-refractivity contribution is 1.31. The average molecular weight is 197 g/mol. The van der Waals surface area contributed by atoms with E-state index in [1.54, 1.807) is 0 Å². The minimum absolute atomic E-state index is 0.112. The summed E-state index contributed by atoms with van der Waals surface area (Å²) in [6, 6.07) is 7.44. The van der Waals surface area contributed by atoms with Crippen LogP contribution in [0, 0.1) is 11.8 Å². The molecule has 0 amide bonds. The zero-order valence-electron chi connectivity index (χ0n) is 6.71. The first-order valence-corrected chi connectivity index (χ1v) is 4.53. The van der Waals surface area contributed by atoms with Crippen LogP contribution in [-0.2, 0) is 0 Å². The van der Waals surface area contributed by atoms with Crippen molar-refractivity contribution in [1.29, 1.82) is 0 Å². The first-order chi connectivity index (χ1) is 5.68. The summed E-state index contributed by atoms with van der Waals surface area (Å²) in [6.45, 7) is 1.94. The molecule has 0 N–H and O–H groups in total. The SMILES string of the molecule is CC(S)C#Cc1ccc(Cl)cc1. The van der Waals surface area contributed by atoms with Crippen LogP contribution < -0.4 is 0 Å². The summed E-state index contributed by atoms with van der Waals surface area (Å²) >= 11 is 9.86. The zero-order valence-corrected chi connectivity index (χ0v) is 8.36. The van der Waals surface area contributed by atoms with Crippen LogP contribution in [0.1, 0.15) is 12.5 Å². The lowest BCUT2D eigenvalue weighted by Gasteiger charge is -1.91. The molecule has 0 fully saturated rings. The summed E-state index contributed by atoms with van der Waals surface area (Å²) in [5.41, 5.74) is 0.973. The van der Waals surface area contributed by atoms with Gasteiger partial charge in [0.05, 0.1) is 5.25 Å². The molecule has 0 spiro atoms. The largest absolute Gasteiger partial charge is 0.163 e. The van der Waals surface area contributed by atoms with Gasteiger partial charge in [0.1, 0.15) is 0 Å². The third-order valence-electron chi connectivity index (χ3n) is 1.27. The predicted octanol–water partition coefficient (Wildman–Crippen LogP) is 3.01. The van der Waals surface area contributed by atoms with Gasteiger partial charge in [-0.25, -0.2) is 0 Å². The summed E-state index contributed by atoms with van der Waals surface area (Å²) in [4.78, 5) is 0. The normalized spacial score (nSPS) is 11.6. The van der Waals surface area contributed by atoms with Crippen LogP contribution in [-0.4, -0.2) is 5.25 Å². The molecule has 0 aliphatic heterocycles. The van der Waals surface area contributed by atoms with E-state index in [2.05, 4.69) is 24.5 Å². The molecule has 0 heterocycles. The zero-order chi connectivity index (χ0) is 8.97. The second-order valence-electron chi connectivity index (χ2n) is 2.45. The molecule has 0 aliphatic rings. The highest BCUT2D eigenvalue weighted by Gasteiger charge is 1.87. The Hall–Kier alpha value is -0.580. The molecule has 12 heavy (non-hydrogen) atoms. The van der Waals surface area contributed by atoms with Crippen molar-refractivity contribution in [3.8, 4) is 11.8 Å². The molecule has 0 saturated heterocycles. The van der Waals surface area contributed by atoms with Gasteiger partial charge < -0.3 is 0 Å². The summed E-state index contributed by atoms with van der Waals surface area (Å²) in [5, 5.41) is 0.847. The van der Waals surface area contributed by atoms with Crippen LogP contribution in [0.5, 0.6) is 0 Å². The lowest BCUT2D eigenvalue weighted by Crippen LogP contribution is -1.82. The van der Waals surface area contributed by atoms with Crippen LogP contribution in [0.4, 0.5) is 0 Å². The fourth-order valence-corrected chi connectivity index (χ4v) is 0.912. The van der Waals surface area contributed by atoms with Crippen LogP contribution in [0.3, 0.4) is 0 Å². The van der Waals surface area contributed by atoms with E-state index in [1.165, 1.54) is 0 Å². The number of benzene rings is 1. The Bertz CT molecular complexity index is 303. The second-order valence-corrected chi connectivity index (χ2v) is 3.66. The number of thiol groups is 1. The molecule has 1 aromatic carbocycles. The predicted molar refractivity (Wildman–Crippen MR) is 56.8 cm³/mol. The molecule has 0 bridgehead atoms. The van der Waals surface area contributed by atoms with Crippen molar-refractivity contribution in [2.24, 2.45) is 0 Å². The first kappa shape index (κ1) is 9.51. The van der Waals surface area contributed by atoms with Crippen molar-refractivity contribution < 1.29 is 0 Å². The van der Waals surface area contributed by atoms with Gasteiger partial charge in [0.15, 0.2) is 0 Å². The van der Waals surface area contributed by atoms with Crippen molar-refractivity contribution in [2.75, 3.05) is 0 Å². The van der Waals surface area contributed by atoms with Gasteiger partial charge in [-0.3, -0.25) is 0 Å². The Morgan fingerprint density at radius 1 is 1.33 bits per heavy atom. The third-order valence-corrected chi connectivity index (χ3v) is 1.65. The highest BCUT2D eigenvalue weighted by molar-refractivity contribution is 7.81. The number of rotatable bonds is 0. The summed E-state index contributed by atoms with van der Waals surface area (Å²) in [7, 11) is 0. The molecule has 1 atom stereocenters. The monoisotopic (exact) mass is 196 g/mol. The van der Waals surface area contributed by atoms with Gasteiger partial charge in [-0.2, -0.15) is 12.6 Å². The first-order valence-electron chi connectivity index (χ1n) is 3.63. The van der Waals surface area contributed by atoms with E-state index in [0.29, 0.717) is 0 Å². The van der Waals surface area contributed by atoms with Crippen molar-refractivity contribution >= 4 is 24.2 Å². The van der Waals surface area contributed by atoms with E-state index in [0.717, 1.165) is 10.6 Å². The van der Waals surface area contributed by atoms with Crippen LogP contribution in [0.15, 0.2) is 24.3 Å². The van der Waals surface area contributed by atoms with E-state index >= 15 is 0 Å². The summed E-state index contributed by atoms with van der Waals surface area (Å²) < 4.78 is 0. The van der Waals surface area contributed by atoms with E-state index in [-0.39, 0.29) is 5.25 Å². The molecule has 0 aromatic heterocycles. The van der Waals surface area contributed by atoms with Crippen molar-refractivity contribution in [1.82, 2.24) is 0 Å². The van der Waals surface area contributed by atoms with Gasteiger partial charge in [0.2, 0.25) is 0 Å². The molecule has 62 valence electrons. The minimum Gasteiger partial charge on any atom is -0.163 e. The van der Waals surface area contributed by atoms with Crippen molar-refractivity contribution in [3.05, 3.63) is 34.9 Å². The Morgan fingerprint density at radius 3 is 2.42 bits per heavy atom. The molecule has 1 unspecified atom stereocenters. The fourth-order valence-electron chi connectivity index (χ4n) is 0.721. The average Bonchev–Trinajstić information content (AvgIpc) is 2.03. The van der Waals surface area contributed by atoms with E-state index < -0.39 is 0 Å². The van der Waals surface area contributed by atoms with Crippen molar-refractivity contribution in [3.63, 3.8) is 0 Å². The number of hydrogen-bond donors (Lipinski definition) is 1. The molecule has 1 rings (SSSR count). The second kappa shape index (κ2) is 4.45. The summed E-state index contributed by atoms with van der Waals surface area (Å²) in [6.07, 6.45) is 0. The van der Waals surface area contributed by atoms with Crippen LogP contribution >= 0.6 is 24.2 Å². The van der Waals surface area contributed by atoms with E-state index in [1.807, 2.05) is 31.2 Å². The van der Waals surface area contributed by atoms with Gasteiger partial charge in [-0.15, -0.1) is 0 Å². The summed E-state index contributed by atoms with van der Waals surface area (Å²) in [5.74, 6) is 5.94. The third kappa shape index (κ3) is 3.21. The van der Waals surface area contributed by atoms with Gasteiger partial charge in [0, 0.05) is 10.6 Å². The smallest absolute Gasteiger partial charge is 0.0602 e. The molecular formula is C10H9ClS.